The van der Waals surface area contributed by atoms with Crippen LogP contribution in [0.2, 0.25) is 0 Å². The molecule has 0 spiro atoms. The number of nitrogens with one attached hydrogen (secondary N) is 1. The molecule has 3 rings (SSSR count). The van der Waals surface area contributed by atoms with E-state index in [1.54, 1.807) is 35.1 Å². The second-order valence-electron chi connectivity index (χ2n) is 6.03. The summed E-state index contributed by atoms with van der Waals surface area (Å²) >= 11 is 0. The Morgan fingerprint density at radius 1 is 1.29 bits per heavy atom. The molecule has 1 saturated heterocycles. The van der Waals surface area contributed by atoms with Crippen molar-refractivity contribution in [3.8, 4) is 0 Å². The minimum Gasteiger partial charge on any atom is -0.349 e. The van der Waals surface area contributed by atoms with E-state index in [1.807, 2.05) is 11.8 Å². The number of piperidine rings is 1. The summed E-state index contributed by atoms with van der Waals surface area (Å²) in [4.78, 5) is 30.3. The lowest BCUT2D eigenvalue weighted by Gasteiger charge is -2.33. The largest absolute Gasteiger partial charge is 0.349 e. The lowest BCUT2D eigenvalue weighted by molar-refractivity contribution is -0.135. The molecule has 0 aliphatic carbocycles. The van der Waals surface area contributed by atoms with Gasteiger partial charge in [0.1, 0.15) is 18.7 Å². The van der Waals surface area contributed by atoms with Crippen molar-refractivity contribution >= 4 is 11.8 Å². The van der Waals surface area contributed by atoms with Crippen molar-refractivity contribution in [2.45, 2.75) is 31.8 Å². The molecule has 128 valence electrons. The Bertz CT molecular complexity index is 701. The molecule has 0 radical (unpaired) electrons. The maximum absolute atomic E-state index is 12.5. The van der Waals surface area contributed by atoms with Crippen LogP contribution in [0.15, 0.2) is 25.0 Å². The molecule has 9 nitrogen and oxygen atoms in total. The van der Waals surface area contributed by atoms with Gasteiger partial charge in [-0.3, -0.25) is 14.3 Å². The number of likely N-dealkylation sites (tertiary alicyclic amines) is 1. The van der Waals surface area contributed by atoms with E-state index in [4.69, 9.17) is 0 Å². The Balaban J connectivity index is 1.50. The summed E-state index contributed by atoms with van der Waals surface area (Å²) in [5.74, 6) is -0.0959. The molecule has 1 N–H and O–H groups in total. The topological polar surface area (TPSA) is 97.9 Å². The van der Waals surface area contributed by atoms with Gasteiger partial charge >= 0.3 is 0 Å². The molecule has 1 atom stereocenters. The minimum absolute atomic E-state index is 0.0255. The highest BCUT2D eigenvalue weighted by Gasteiger charge is 2.28. The van der Waals surface area contributed by atoms with Crippen molar-refractivity contribution in [3.63, 3.8) is 0 Å². The third-order valence-electron chi connectivity index (χ3n) is 4.30. The van der Waals surface area contributed by atoms with Crippen LogP contribution in [0.5, 0.6) is 0 Å². The van der Waals surface area contributed by atoms with Gasteiger partial charge in [0.25, 0.3) is 5.91 Å². The number of hydrogen-bond acceptors (Lipinski definition) is 5. The van der Waals surface area contributed by atoms with Crippen molar-refractivity contribution in [3.05, 3.63) is 30.6 Å². The maximum atomic E-state index is 12.5. The van der Waals surface area contributed by atoms with Gasteiger partial charge in [-0.2, -0.15) is 10.2 Å². The van der Waals surface area contributed by atoms with Gasteiger partial charge in [-0.25, -0.2) is 9.67 Å². The second kappa shape index (κ2) is 6.81. The molecule has 2 aromatic rings. The molecule has 1 aliphatic heterocycles. The van der Waals surface area contributed by atoms with Crippen molar-refractivity contribution in [2.75, 3.05) is 13.1 Å². The molecule has 0 aromatic carbocycles. The van der Waals surface area contributed by atoms with Crippen LogP contribution < -0.4 is 5.32 Å². The van der Waals surface area contributed by atoms with Crippen LogP contribution in [-0.2, 0) is 11.8 Å². The number of carbonyl (C=O) groups excluding carboxylic acids is 2. The van der Waals surface area contributed by atoms with Gasteiger partial charge in [0.15, 0.2) is 0 Å². The van der Waals surface area contributed by atoms with Gasteiger partial charge in [-0.05, 0) is 19.8 Å². The highest BCUT2D eigenvalue weighted by Crippen LogP contribution is 2.16. The summed E-state index contributed by atoms with van der Waals surface area (Å²) in [6, 6.07) is -0.294. The Labute approximate surface area is 139 Å². The SMILES string of the molecule is C[C@H](C(=O)N1CCC(NC(=O)c2cnn(C)c2)CC1)n1cncn1. The van der Waals surface area contributed by atoms with Gasteiger partial charge in [0, 0.05) is 32.4 Å². The summed E-state index contributed by atoms with van der Waals surface area (Å²) in [7, 11) is 1.77. The van der Waals surface area contributed by atoms with E-state index in [2.05, 4.69) is 20.5 Å². The number of carbonyl (C=O) groups is 2. The minimum atomic E-state index is -0.367. The zero-order valence-corrected chi connectivity index (χ0v) is 13.8. The predicted octanol–water partition coefficient (Wildman–Crippen LogP) is -0.00640. The molecule has 1 fully saturated rings. The first-order valence-corrected chi connectivity index (χ1v) is 7.97. The first kappa shape index (κ1) is 16.2. The highest BCUT2D eigenvalue weighted by atomic mass is 16.2. The summed E-state index contributed by atoms with van der Waals surface area (Å²) in [5, 5.41) is 11.0. The number of nitrogens with zero attached hydrogens (tertiary/aromatic N) is 6. The zero-order valence-electron chi connectivity index (χ0n) is 13.8. The van der Waals surface area contributed by atoms with E-state index < -0.39 is 0 Å². The molecular weight excluding hydrogens is 310 g/mol. The molecule has 24 heavy (non-hydrogen) atoms. The quantitative estimate of drug-likeness (QED) is 0.850. The monoisotopic (exact) mass is 331 g/mol. The summed E-state index contributed by atoms with van der Waals surface area (Å²) < 4.78 is 3.15. The summed E-state index contributed by atoms with van der Waals surface area (Å²) in [6.45, 7) is 3.05. The zero-order chi connectivity index (χ0) is 17.1. The highest BCUT2D eigenvalue weighted by molar-refractivity contribution is 5.93. The van der Waals surface area contributed by atoms with Crippen LogP contribution in [0.1, 0.15) is 36.2 Å². The van der Waals surface area contributed by atoms with Crippen LogP contribution in [-0.4, -0.2) is 60.4 Å². The van der Waals surface area contributed by atoms with Gasteiger partial charge in [0.05, 0.1) is 11.8 Å². The molecule has 0 saturated carbocycles. The lowest BCUT2D eigenvalue weighted by Crippen LogP contribution is -2.48. The molecule has 3 heterocycles. The van der Waals surface area contributed by atoms with Crippen LogP contribution >= 0.6 is 0 Å². The molecule has 2 amide bonds. The van der Waals surface area contributed by atoms with Gasteiger partial charge in [0.2, 0.25) is 5.91 Å². The van der Waals surface area contributed by atoms with E-state index in [0.717, 1.165) is 12.8 Å². The fourth-order valence-electron chi connectivity index (χ4n) is 2.85. The molecule has 1 aliphatic rings. The average Bonchev–Trinajstić information content (AvgIpc) is 3.26. The Kier molecular flexibility index (Phi) is 4.59. The standard InChI is InChI=1S/C15H21N7O2/c1-11(22-10-16-9-18-22)15(24)21-5-3-13(4-6-21)19-14(23)12-7-17-20(2)8-12/h7-11,13H,3-6H2,1-2H3,(H,19,23)/t11-/m1/s1. The molecular formula is C15H21N7O2. The van der Waals surface area contributed by atoms with Crippen molar-refractivity contribution in [1.29, 1.82) is 0 Å². The maximum Gasteiger partial charge on any atom is 0.254 e. The summed E-state index contributed by atoms with van der Waals surface area (Å²) in [5.41, 5.74) is 0.552. The Morgan fingerprint density at radius 2 is 2.04 bits per heavy atom. The smallest absolute Gasteiger partial charge is 0.254 e. The molecule has 0 unspecified atom stereocenters. The Morgan fingerprint density at radius 3 is 2.62 bits per heavy atom. The van der Waals surface area contributed by atoms with E-state index >= 15 is 0 Å². The second-order valence-corrected chi connectivity index (χ2v) is 6.03. The van der Waals surface area contributed by atoms with Crippen LogP contribution in [0.3, 0.4) is 0 Å². The fourth-order valence-corrected chi connectivity index (χ4v) is 2.85. The average molecular weight is 331 g/mol. The van der Waals surface area contributed by atoms with E-state index in [9.17, 15) is 9.59 Å². The lowest BCUT2D eigenvalue weighted by atomic mass is 10.0. The molecule has 0 bridgehead atoms. The number of aromatic nitrogens is 5. The summed E-state index contributed by atoms with van der Waals surface area (Å²) in [6.07, 6.45) is 7.68. The number of amides is 2. The third kappa shape index (κ3) is 3.44. The molecule has 2 aromatic heterocycles. The van der Waals surface area contributed by atoms with E-state index in [1.165, 1.54) is 6.33 Å². The van der Waals surface area contributed by atoms with Gasteiger partial charge < -0.3 is 10.2 Å². The fraction of sp³-hybridized carbons (Fsp3) is 0.533. The first-order valence-electron chi connectivity index (χ1n) is 7.97. The first-order chi connectivity index (χ1) is 11.5. The van der Waals surface area contributed by atoms with Crippen LogP contribution in [0, 0.1) is 0 Å². The van der Waals surface area contributed by atoms with Gasteiger partial charge in [-0.15, -0.1) is 0 Å². The van der Waals surface area contributed by atoms with Gasteiger partial charge in [-0.1, -0.05) is 0 Å². The van der Waals surface area contributed by atoms with Crippen LogP contribution in [0.4, 0.5) is 0 Å². The number of rotatable bonds is 4. The van der Waals surface area contributed by atoms with Crippen molar-refractivity contribution in [1.82, 2.24) is 34.8 Å². The Hall–Kier alpha value is -2.71. The van der Waals surface area contributed by atoms with Crippen LogP contribution in [0.25, 0.3) is 0 Å². The van der Waals surface area contributed by atoms with Crippen molar-refractivity contribution in [2.24, 2.45) is 7.05 Å². The number of hydrogen-bond donors (Lipinski definition) is 1. The number of aryl methyl sites for hydroxylation is 1. The van der Waals surface area contributed by atoms with E-state index in [-0.39, 0.29) is 23.9 Å². The van der Waals surface area contributed by atoms with E-state index in [0.29, 0.717) is 18.7 Å². The van der Waals surface area contributed by atoms with Crippen molar-refractivity contribution < 1.29 is 9.59 Å². The predicted molar refractivity (Wildman–Crippen MR) is 85.0 cm³/mol. The normalized spacial score (nSPS) is 16.8. The molecule has 9 heteroatoms. The third-order valence-corrected chi connectivity index (χ3v) is 4.30.